The summed E-state index contributed by atoms with van der Waals surface area (Å²) in [4.78, 5) is 14.8. The third-order valence-corrected chi connectivity index (χ3v) is 2.76. The molecule has 2 aromatic rings. The summed E-state index contributed by atoms with van der Waals surface area (Å²) in [6.45, 7) is 0. The van der Waals surface area contributed by atoms with E-state index in [0.29, 0.717) is 15.7 Å². The lowest BCUT2D eigenvalue weighted by Gasteiger charge is -2.00. The second-order valence-corrected chi connectivity index (χ2v) is 3.66. The van der Waals surface area contributed by atoms with Crippen LogP contribution in [0.5, 0.6) is 0 Å². The summed E-state index contributed by atoms with van der Waals surface area (Å²) < 4.78 is 1.52. The molecule has 0 aliphatic rings. The number of tetrazole rings is 1. The van der Waals surface area contributed by atoms with Gasteiger partial charge >= 0.3 is 0 Å². The van der Waals surface area contributed by atoms with Crippen LogP contribution in [0.1, 0.15) is 10.4 Å². The fourth-order valence-electron chi connectivity index (χ4n) is 0.972. The Morgan fingerprint density at radius 2 is 2.40 bits per heavy atom. The van der Waals surface area contributed by atoms with Crippen LogP contribution in [0.25, 0.3) is 0 Å². The van der Waals surface area contributed by atoms with Gasteiger partial charge in [0.05, 0.1) is 0 Å². The van der Waals surface area contributed by atoms with Gasteiger partial charge in [0, 0.05) is 18.8 Å². The molecule has 0 aromatic carbocycles. The van der Waals surface area contributed by atoms with Gasteiger partial charge in [0.15, 0.2) is 6.29 Å². The molecule has 6 nitrogen and oxygen atoms in total. The van der Waals surface area contributed by atoms with Crippen LogP contribution < -0.4 is 0 Å². The molecule has 0 N–H and O–H groups in total. The highest BCUT2D eigenvalue weighted by molar-refractivity contribution is 7.99. The first kappa shape index (κ1) is 9.78. The maximum absolute atomic E-state index is 10.7. The van der Waals surface area contributed by atoms with Gasteiger partial charge in [0.25, 0.3) is 0 Å². The Labute approximate surface area is 89.7 Å². The number of aryl methyl sites for hydroxylation is 1. The number of pyridine rings is 1. The summed E-state index contributed by atoms with van der Waals surface area (Å²) >= 11 is 1.26. The second-order valence-electron chi connectivity index (χ2n) is 2.70. The van der Waals surface area contributed by atoms with Crippen LogP contribution in [0.2, 0.25) is 0 Å². The largest absolute Gasteiger partial charge is 0.298 e. The van der Waals surface area contributed by atoms with E-state index in [1.54, 1.807) is 25.4 Å². The Morgan fingerprint density at radius 3 is 3.07 bits per heavy atom. The molecule has 2 aromatic heterocycles. The molecule has 2 heterocycles. The molecule has 0 bridgehead atoms. The van der Waals surface area contributed by atoms with E-state index in [0.717, 1.165) is 6.29 Å². The van der Waals surface area contributed by atoms with E-state index >= 15 is 0 Å². The molecule has 0 atom stereocenters. The number of aldehydes is 1. The number of hydrogen-bond donors (Lipinski definition) is 0. The lowest BCUT2D eigenvalue weighted by atomic mass is 10.3. The predicted octanol–water partition coefficient (Wildman–Crippen LogP) is 0.569. The van der Waals surface area contributed by atoms with E-state index < -0.39 is 0 Å². The Balaban J connectivity index is 2.32. The van der Waals surface area contributed by atoms with Crippen molar-refractivity contribution in [3.63, 3.8) is 0 Å². The van der Waals surface area contributed by atoms with Crippen molar-refractivity contribution in [2.45, 2.75) is 10.2 Å². The van der Waals surface area contributed by atoms with Gasteiger partial charge in [-0.25, -0.2) is 9.67 Å². The van der Waals surface area contributed by atoms with Crippen LogP contribution >= 0.6 is 11.8 Å². The van der Waals surface area contributed by atoms with E-state index in [1.807, 2.05) is 0 Å². The zero-order valence-electron chi connectivity index (χ0n) is 7.86. The molecule has 0 aliphatic carbocycles. The molecular weight excluding hydrogens is 214 g/mol. The van der Waals surface area contributed by atoms with E-state index in [2.05, 4.69) is 20.5 Å². The van der Waals surface area contributed by atoms with Crippen molar-refractivity contribution >= 4 is 18.0 Å². The lowest BCUT2D eigenvalue weighted by molar-refractivity contribution is 0.112. The summed E-state index contributed by atoms with van der Waals surface area (Å²) in [5, 5.41) is 12.2. The highest BCUT2D eigenvalue weighted by atomic mass is 32.2. The smallest absolute Gasteiger partial charge is 0.215 e. The Bertz CT molecular complexity index is 483. The van der Waals surface area contributed by atoms with E-state index in [9.17, 15) is 4.79 Å². The van der Waals surface area contributed by atoms with Gasteiger partial charge in [-0.1, -0.05) is 0 Å². The molecule has 0 spiro atoms. The molecule has 0 fully saturated rings. The van der Waals surface area contributed by atoms with Crippen molar-refractivity contribution in [1.82, 2.24) is 25.2 Å². The number of rotatable bonds is 3. The van der Waals surface area contributed by atoms with E-state index in [4.69, 9.17) is 0 Å². The van der Waals surface area contributed by atoms with Gasteiger partial charge in [-0.05, 0) is 34.3 Å². The Hall–Kier alpha value is -1.76. The molecule has 0 unspecified atom stereocenters. The number of carbonyl (C=O) groups excluding carboxylic acids is 1. The number of hydrogen-bond acceptors (Lipinski definition) is 6. The summed E-state index contributed by atoms with van der Waals surface area (Å²) in [7, 11) is 1.73. The van der Waals surface area contributed by atoms with Crippen LogP contribution in [-0.4, -0.2) is 31.5 Å². The minimum atomic E-state index is 0.533. The molecule has 76 valence electrons. The molecule has 0 saturated heterocycles. The molecule has 0 radical (unpaired) electrons. The highest BCUT2D eigenvalue weighted by Gasteiger charge is 2.09. The SMILES string of the molecule is Cn1nnnc1Sc1ncccc1C=O. The van der Waals surface area contributed by atoms with Gasteiger partial charge in [0.1, 0.15) is 5.03 Å². The normalized spacial score (nSPS) is 10.2. The first-order chi connectivity index (χ1) is 7.31. The fourth-order valence-corrected chi connectivity index (χ4v) is 1.74. The molecule has 2 rings (SSSR count). The maximum atomic E-state index is 10.7. The standard InChI is InChI=1S/C8H7N5OS/c1-13-8(10-11-12-13)15-7-6(5-14)3-2-4-9-7/h2-5H,1H3. The molecule has 15 heavy (non-hydrogen) atoms. The number of aromatic nitrogens is 5. The molecule has 0 aliphatic heterocycles. The van der Waals surface area contributed by atoms with Gasteiger partial charge in [-0.2, -0.15) is 0 Å². The highest BCUT2D eigenvalue weighted by Crippen LogP contribution is 2.24. The van der Waals surface area contributed by atoms with Crippen LogP contribution in [-0.2, 0) is 7.05 Å². The third-order valence-electron chi connectivity index (χ3n) is 1.70. The molecule has 0 saturated carbocycles. The summed E-state index contributed by atoms with van der Waals surface area (Å²) in [6.07, 6.45) is 2.39. The first-order valence-corrected chi connectivity index (χ1v) is 4.93. The number of nitrogens with zero attached hydrogens (tertiary/aromatic N) is 5. The van der Waals surface area contributed by atoms with Gasteiger partial charge in [0.2, 0.25) is 5.16 Å². The van der Waals surface area contributed by atoms with Gasteiger partial charge < -0.3 is 0 Å². The summed E-state index contributed by atoms with van der Waals surface area (Å²) in [5.74, 6) is 0. The average molecular weight is 221 g/mol. The molecule has 7 heteroatoms. The van der Waals surface area contributed by atoms with Crippen molar-refractivity contribution in [2.75, 3.05) is 0 Å². The summed E-state index contributed by atoms with van der Waals surface area (Å²) in [5.41, 5.74) is 0.533. The van der Waals surface area contributed by atoms with Crippen LogP contribution in [0.3, 0.4) is 0 Å². The van der Waals surface area contributed by atoms with Gasteiger partial charge in [-0.15, -0.1) is 5.10 Å². The average Bonchev–Trinajstić information content (AvgIpc) is 2.65. The van der Waals surface area contributed by atoms with Crippen molar-refractivity contribution in [1.29, 1.82) is 0 Å². The van der Waals surface area contributed by atoms with E-state index in [-0.39, 0.29) is 0 Å². The van der Waals surface area contributed by atoms with Crippen molar-refractivity contribution in [2.24, 2.45) is 7.05 Å². The quantitative estimate of drug-likeness (QED) is 0.705. The minimum Gasteiger partial charge on any atom is -0.298 e. The van der Waals surface area contributed by atoms with Crippen LogP contribution in [0.15, 0.2) is 28.5 Å². The Kier molecular flexibility index (Phi) is 2.72. The molecular formula is C8H7N5OS. The predicted molar refractivity (Wildman–Crippen MR) is 52.5 cm³/mol. The van der Waals surface area contributed by atoms with Crippen LogP contribution in [0, 0.1) is 0 Å². The zero-order chi connectivity index (χ0) is 10.7. The zero-order valence-corrected chi connectivity index (χ0v) is 8.68. The lowest BCUT2D eigenvalue weighted by Crippen LogP contribution is -1.95. The van der Waals surface area contributed by atoms with Gasteiger partial charge in [-0.3, -0.25) is 4.79 Å². The van der Waals surface area contributed by atoms with Crippen molar-refractivity contribution in [3.8, 4) is 0 Å². The van der Waals surface area contributed by atoms with Crippen LogP contribution in [0.4, 0.5) is 0 Å². The number of carbonyl (C=O) groups is 1. The monoisotopic (exact) mass is 221 g/mol. The van der Waals surface area contributed by atoms with Crippen molar-refractivity contribution < 1.29 is 4.79 Å². The van der Waals surface area contributed by atoms with E-state index in [1.165, 1.54) is 16.4 Å². The first-order valence-electron chi connectivity index (χ1n) is 4.11. The summed E-state index contributed by atoms with van der Waals surface area (Å²) in [6, 6.07) is 3.41. The second kappa shape index (κ2) is 4.18. The fraction of sp³-hybridized carbons (Fsp3) is 0.125. The molecule has 0 amide bonds. The topological polar surface area (TPSA) is 73.6 Å². The minimum absolute atomic E-state index is 0.533. The third kappa shape index (κ3) is 2.01. The van der Waals surface area contributed by atoms with Crippen molar-refractivity contribution in [3.05, 3.63) is 23.9 Å². The Morgan fingerprint density at radius 1 is 1.53 bits per heavy atom. The maximum Gasteiger partial charge on any atom is 0.215 e.